The number of amides is 1. The van der Waals surface area contributed by atoms with E-state index in [0.29, 0.717) is 35.0 Å². The summed E-state index contributed by atoms with van der Waals surface area (Å²) >= 11 is 7.05. The van der Waals surface area contributed by atoms with Crippen LogP contribution in [0.2, 0.25) is 5.02 Å². The molecule has 1 saturated heterocycles. The van der Waals surface area contributed by atoms with Crippen LogP contribution in [0.3, 0.4) is 0 Å². The van der Waals surface area contributed by atoms with Crippen molar-refractivity contribution >= 4 is 40.8 Å². The topological polar surface area (TPSA) is 93.4 Å². The lowest BCUT2D eigenvalue weighted by Gasteiger charge is -2.27. The van der Waals surface area contributed by atoms with Gasteiger partial charge in [0.2, 0.25) is 11.8 Å². The highest BCUT2D eigenvalue weighted by molar-refractivity contribution is 7.99. The fraction of sp³-hybridized carbons (Fsp3) is 0.263. The number of aromatic nitrogens is 3. The Balaban J connectivity index is 1.28. The molecule has 3 aromatic rings. The smallest absolute Gasteiger partial charge is 0.277 e. The molecule has 4 rings (SSSR count). The van der Waals surface area contributed by atoms with Crippen molar-refractivity contribution < 1.29 is 13.9 Å². The van der Waals surface area contributed by atoms with Crippen molar-refractivity contribution in [1.82, 2.24) is 15.2 Å². The first-order valence-electron chi connectivity index (χ1n) is 8.98. The highest BCUT2D eigenvalue weighted by atomic mass is 35.5. The predicted octanol–water partition coefficient (Wildman–Crippen LogP) is 3.35. The Kier molecular flexibility index (Phi) is 6.28. The Labute approximate surface area is 176 Å². The number of halogens is 1. The van der Waals surface area contributed by atoms with Crippen molar-refractivity contribution in [2.75, 3.05) is 42.3 Å². The van der Waals surface area contributed by atoms with Gasteiger partial charge in [0.15, 0.2) is 0 Å². The summed E-state index contributed by atoms with van der Waals surface area (Å²) < 4.78 is 10.9. The van der Waals surface area contributed by atoms with Gasteiger partial charge in [-0.3, -0.25) is 4.79 Å². The number of anilines is 2. The first kappa shape index (κ1) is 19.7. The quantitative estimate of drug-likeness (QED) is 0.594. The number of thioether (sulfide) groups is 1. The number of hydrogen-bond donors (Lipinski definition) is 1. The van der Waals surface area contributed by atoms with Gasteiger partial charge < -0.3 is 19.4 Å². The number of ether oxygens (including phenoxy) is 1. The highest BCUT2D eigenvalue weighted by Gasteiger charge is 2.14. The Hall–Kier alpha value is -2.62. The van der Waals surface area contributed by atoms with Crippen LogP contribution in [0, 0.1) is 0 Å². The molecule has 1 fully saturated rings. The van der Waals surface area contributed by atoms with Crippen molar-refractivity contribution in [3.63, 3.8) is 0 Å². The van der Waals surface area contributed by atoms with E-state index in [4.69, 9.17) is 20.8 Å². The van der Waals surface area contributed by atoms with Crippen LogP contribution in [0.25, 0.3) is 11.5 Å². The van der Waals surface area contributed by atoms with Crippen molar-refractivity contribution in [2.45, 2.75) is 5.22 Å². The number of carbonyl (C=O) groups excluding carboxylic acids is 1. The van der Waals surface area contributed by atoms with E-state index in [0.717, 1.165) is 24.5 Å². The monoisotopic (exact) mass is 431 g/mol. The number of pyridine rings is 1. The Bertz CT molecular complexity index is 959. The second-order valence-electron chi connectivity index (χ2n) is 6.22. The van der Waals surface area contributed by atoms with Crippen LogP contribution in [0.4, 0.5) is 11.5 Å². The summed E-state index contributed by atoms with van der Waals surface area (Å²) in [6.45, 7) is 3.04. The maximum Gasteiger partial charge on any atom is 0.277 e. The van der Waals surface area contributed by atoms with E-state index in [1.807, 2.05) is 12.1 Å². The van der Waals surface area contributed by atoms with Gasteiger partial charge in [0.1, 0.15) is 5.82 Å². The number of rotatable bonds is 6. The molecule has 10 heteroatoms. The lowest BCUT2D eigenvalue weighted by molar-refractivity contribution is -0.113. The van der Waals surface area contributed by atoms with Gasteiger partial charge in [0.25, 0.3) is 5.22 Å². The molecule has 0 aliphatic carbocycles. The minimum Gasteiger partial charge on any atom is -0.411 e. The van der Waals surface area contributed by atoms with Gasteiger partial charge in [-0.25, -0.2) is 4.98 Å². The van der Waals surface area contributed by atoms with Crippen LogP contribution in [0.15, 0.2) is 52.2 Å². The highest BCUT2D eigenvalue weighted by Crippen LogP contribution is 2.24. The summed E-state index contributed by atoms with van der Waals surface area (Å²) in [6, 6.07) is 10.8. The average molecular weight is 432 g/mol. The van der Waals surface area contributed by atoms with Gasteiger partial charge in [-0.1, -0.05) is 23.4 Å². The zero-order valence-electron chi connectivity index (χ0n) is 15.4. The maximum absolute atomic E-state index is 12.2. The normalized spacial score (nSPS) is 14.0. The molecule has 0 unspecified atom stereocenters. The minimum absolute atomic E-state index is 0.146. The number of benzene rings is 1. The Morgan fingerprint density at radius 3 is 2.66 bits per heavy atom. The van der Waals surface area contributed by atoms with E-state index in [1.54, 1.807) is 30.5 Å². The number of carbonyl (C=O) groups is 1. The molecule has 2 aromatic heterocycles. The number of nitrogens with one attached hydrogen (secondary N) is 1. The molecule has 0 spiro atoms. The predicted molar refractivity (Wildman–Crippen MR) is 111 cm³/mol. The van der Waals surface area contributed by atoms with Gasteiger partial charge in [-0.2, -0.15) is 0 Å². The third-order valence-electron chi connectivity index (χ3n) is 4.19. The number of nitrogens with zero attached hydrogens (tertiary/aromatic N) is 4. The van der Waals surface area contributed by atoms with Crippen LogP contribution in [0.1, 0.15) is 0 Å². The van der Waals surface area contributed by atoms with Gasteiger partial charge in [0, 0.05) is 23.7 Å². The summed E-state index contributed by atoms with van der Waals surface area (Å²) in [5, 5.41) is 11.7. The molecule has 1 aliphatic rings. The molecule has 0 bridgehead atoms. The fourth-order valence-corrected chi connectivity index (χ4v) is 3.43. The third kappa shape index (κ3) is 5.26. The van der Waals surface area contributed by atoms with Crippen LogP contribution < -0.4 is 10.2 Å². The van der Waals surface area contributed by atoms with Crippen molar-refractivity contribution in [3.05, 3.63) is 47.6 Å². The van der Waals surface area contributed by atoms with Gasteiger partial charge in [0.05, 0.1) is 30.9 Å². The van der Waals surface area contributed by atoms with E-state index in [1.165, 1.54) is 11.8 Å². The third-order valence-corrected chi connectivity index (χ3v) is 5.26. The van der Waals surface area contributed by atoms with Gasteiger partial charge in [-0.15, -0.1) is 10.2 Å². The molecule has 1 N–H and O–H groups in total. The van der Waals surface area contributed by atoms with Crippen LogP contribution in [-0.2, 0) is 9.53 Å². The zero-order chi connectivity index (χ0) is 20.1. The van der Waals surface area contributed by atoms with E-state index < -0.39 is 0 Å². The van der Waals surface area contributed by atoms with Gasteiger partial charge in [-0.05, 0) is 36.4 Å². The van der Waals surface area contributed by atoms with Crippen molar-refractivity contribution in [2.24, 2.45) is 0 Å². The van der Waals surface area contributed by atoms with Crippen LogP contribution in [0.5, 0.6) is 0 Å². The number of morpholine rings is 1. The number of hydrogen-bond acceptors (Lipinski definition) is 8. The standard InChI is InChI=1S/C19H18ClN5O3S/c20-14-3-1-13(2-4-14)18-23-24-19(28-18)29-12-17(26)22-15-5-6-16(21-11-15)25-7-9-27-10-8-25/h1-6,11H,7-10,12H2,(H,22,26). The van der Waals surface area contributed by atoms with E-state index >= 15 is 0 Å². The molecule has 1 aliphatic heterocycles. The van der Waals surface area contributed by atoms with E-state index in [9.17, 15) is 4.79 Å². The molecule has 0 radical (unpaired) electrons. The lowest BCUT2D eigenvalue weighted by Crippen LogP contribution is -2.36. The molecule has 3 heterocycles. The molecule has 0 atom stereocenters. The Morgan fingerprint density at radius 1 is 1.14 bits per heavy atom. The SMILES string of the molecule is O=C(CSc1nnc(-c2ccc(Cl)cc2)o1)Nc1ccc(N2CCOCC2)nc1. The zero-order valence-corrected chi connectivity index (χ0v) is 16.9. The van der Waals surface area contributed by atoms with E-state index in [2.05, 4.69) is 25.4 Å². The Morgan fingerprint density at radius 2 is 1.93 bits per heavy atom. The summed E-state index contributed by atoms with van der Waals surface area (Å²) in [5.74, 6) is 1.23. The molecule has 8 nitrogen and oxygen atoms in total. The summed E-state index contributed by atoms with van der Waals surface area (Å²) in [7, 11) is 0. The average Bonchev–Trinajstić information content (AvgIpc) is 3.23. The summed E-state index contributed by atoms with van der Waals surface area (Å²) in [4.78, 5) is 18.8. The summed E-state index contributed by atoms with van der Waals surface area (Å²) in [5.41, 5.74) is 1.41. The second-order valence-corrected chi connectivity index (χ2v) is 7.58. The molecule has 0 saturated carbocycles. The van der Waals surface area contributed by atoms with Crippen molar-refractivity contribution in [3.8, 4) is 11.5 Å². The first-order valence-corrected chi connectivity index (χ1v) is 10.3. The lowest BCUT2D eigenvalue weighted by atomic mass is 10.2. The van der Waals surface area contributed by atoms with Crippen molar-refractivity contribution in [1.29, 1.82) is 0 Å². The first-order chi connectivity index (χ1) is 14.2. The molecule has 150 valence electrons. The van der Waals surface area contributed by atoms with Crippen LogP contribution >= 0.6 is 23.4 Å². The van der Waals surface area contributed by atoms with Gasteiger partial charge >= 0.3 is 0 Å². The molecule has 1 aromatic carbocycles. The van der Waals surface area contributed by atoms with Crippen LogP contribution in [-0.4, -0.2) is 53.1 Å². The fourth-order valence-electron chi connectivity index (χ4n) is 2.74. The molecular formula is C19H18ClN5O3S. The second kappa shape index (κ2) is 9.25. The minimum atomic E-state index is -0.179. The largest absolute Gasteiger partial charge is 0.411 e. The maximum atomic E-state index is 12.2. The molecule has 1 amide bonds. The molecular weight excluding hydrogens is 414 g/mol. The van der Waals surface area contributed by atoms with E-state index in [-0.39, 0.29) is 11.7 Å². The summed E-state index contributed by atoms with van der Waals surface area (Å²) in [6.07, 6.45) is 1.65. The molecule has 29 heavy (non-hydrogen) atoms.